The van der Waals surface area contributed by atoms with Crippen molar-refractivity contribution in [1.29, 1.82) is 0 Å². The number of ether oxygens (including phenoxy) is 1. The Morgan fingerprint density at radius 1 is 1.04 bits per heavy atom. The highest BCUT2D eigenvalue weighted by atomic mass is 19.1. The maximum absolute atomic E-state index is 13.0. The van der Waals surface area contributed by atoms with Crippen molar-refractivity contribution >= 4 is 11.9 Å². The molecule has 0 aromatic heterocycles. The van der Waals surface area contributed by atoms with Crippen LogP contribution in [0.25, 0.3) is 11.1 Å². The Hall–Kier alpha value is -2.95. The minimum Gasteiger partial charge on any atom is -0.478 e. The molecule has 1 aliphatic rings. The zero-order valence-electron chi connectivity index (χ0n) is 14.2. The lowest BCUT2D eigenvalue weighted by Crippen LogP contribution is -2.39. The third-order valence-electron chi connectivity index (χ3n) is 4.72. The molecule has 2 aromatic rings. The van der Waals surface area contributed by atoms with Gasteiger partial charge in [-0.05, 0) is 48.1 Å². The van der Waals surface area contributed by atoms with Gasteiger partial charge in [0.2, 0.25) is 0 Å². The van der Waals surface area contributed by atoms with E-state index in [9.17, 15) is 14.0 Å². The quantitative estimate of drug-likeness (QED) is 0.615. The van der Waals surface area contributed by atoms with E-state index in [1.807, 2.05) is 24.3 Å². The Balaban J connectivity index is 1.75. The fraction of sp³-hybridized carbons (Fsp3) is 0.238. The minimum atomic E-state index is -1.20. The number of benzene rings is 2. The zero-order chi connectivity index (χ0) is 18.7. The molecule has 0 unspecified atom stereocenters. The smallest absolute Gasteiger partial charge is 0.331 e. The molecule has 134 valence electrons. The highest BCUT2D eigenvalue weighted by Gasteiger charge is 2.42. The second-order valence-corrected chi connectivity index (χ2v) is 6.49. The van der Waals surface area contributed by atoms with Crippen molar-refractivity contribution in [2.45, 2.75) is 31.3 Å². The van der Waals surface area contributed by atoms with Crippen LogP contribution in [-0.4, -0.2) is 17.0 Å². The zero-order valence-corrected chi connectivity index (χ0v) is 14.2. The van der Waals surface area contributed by atoms with Gasteiger partial charge in [-0.25, -0.2) is 9.18 Å². The van der Waals surface area contributed by atoms with E-state index in [1.165, 1.54) is 12.1 Å². The summed E-state index contributed by atoms with van der Waals surface area (Å²) in [6.45, 7) is 3.37. The molecule has 0 bridgehead atoms. The van der Waals surface area contributed by atoms with Gasteiger partial charge in [-0.2, -0.15) is 0 Å². The third-order valence-corrected chi connectivity index (χ3v) is 4.72. The van der Waals surface area contributed by atoms with Crippen molar-refractivity contribution in [1.82, 2.24) is 0 Å². The largest absolute Gasteiger partial charge is 0.478 e. The Kier molecular flexibility index (Phi) is 4.89. The fourth-order valence-electron chi connectivity index (χ4n) is 3.06. The summed E-state index contributed by atoms with van der Waals surface area (Å²) in [5.41, 5.74) is 1.83. The summed E-state index contributed by atoms with van der Waals surface area (Å²) in [5.74, 6) is -2.07. The molecule has 3 rings (SSSR count). The number of hydrogen-bond acceptors (Lipinski definition) is 3. The Morgan fingerprint density at radius 2 is 1.58 bits per heavy atom. The molecular formula is C21H19FO4. The minimum absolute atomic E-state index is 0.184. The number of carboxylic acid groups (broad SMARTS) is 1. The van der Waals surface area contributed by atoms with Gasteiger partial charge in [-0.15, -0.1) is 0 Å². The molecule has 0 amide bonds. The maximum atomic E-state index is 13.0. The molecule has 1 N–H and O–H groups in total. The van der Waals surface area contributed by atoms with Crippen molar-refractivity contribution in [3.8, 4) is 11.1 Å². The van der Waals surface area contributed by atoms with Gasteiger partial charge in [0.15, 0.2) is 0 Å². The molecule has 4 nitrogen and oxygen atoms in total. The first-order valence-electron chi connectivity index (χ1n) is 8.39. The van der Waals surface area contributed by atoms with E-state index in [4.69, 9.17) is 9.84 Å². The van der Waals surface area contributed by atoms with Crippen LogP contribution in [0.1, 0.15) is 31.2 Å². The number of aliphatic carboxylic acids is 1. The van der Waals surface area contributed by atoms with Crippen LogP contribution >= 0.6 is 0 Å². The second kappa shape index (κ2) is 7.12. The molecule has 0 atom stereocenters. The van der Waals surface area contributed by atoms with Gasteiger partial charge in [-0.1, -0.05) is 43.0 Å². The summed E-state index contributed by atoms with van der Waals surface area (Å²) in [6, 6.07) is 13.9. The summed E-state index contributed by atoms with van der Waals surface area (Å²) >= 11 is 0. The van der Waals surface area contributed by atoms with Gasteiger partial charge in [0, 0.05) is 5.57 Å². The first kappa shape index (κ1) is 17.9. The summed E-state index contributed by atoms with van der Waals surface area (Å²) in [7, 11) is 0. The topological polar surface area (TPSA) is 63.6 Å². The van der Waals surface area contributed by atoms with Gasteiger partial charge in [0.25, 0.3) is 0 Å². The summed E-state index contributed by atoms with van der Waals surface area (Å²) in [5, 5.41) is 8.84. The molecule has 0 radical (unpaired) electrons. The van der Waals surface area contributed by atoms with Crippen LogP contribution < -0.4 is 0 Å². The predicted molar refractivity (Wildman–Crippen MR) is 94.8 cm³/mol. The Bertz CT molecular complexity index is 833. The van der Waals surface area contributed by atoms with Crippen LogP contribution in [0.15, 0.2) is 60.7 Å². The van der Waals surface area contributed by atoms with Crippen molar-refractivity contribution in [3.05, 3.63) is 72.1 Å². The summed E-state index contributed by atoms with van der Waals surface area (Å²) in [6.07, 6.45) is 2.01. The van der Waals surface area contributed by atoms with Crippen LogP contribution in [-0.2, 0) is 19.9 Å². The van der Waals surface area contributed by atoms with Crippen LogP contribution in [0.4, 0.5) is 4.39 Å². The molecule has 0 heterocycles. The molecule has 0 spiro atoms. The van der Waals surface area contributed by atoms with Crippen LogP contribution in [0.2, 0.25) is 0 Å². The Labute approximate surface area is 150 Å². The van der Waals surface area contributed by atoms with E-state index >= 15 is 0 Å². The molecule has 2 aromatic carbocycles. The van der Waals surface area contributed by atoms with Gasteiger partial charge >= 0.3 is 11.9 Å². The fourth-order valence-corrected chi connectivity index (χ4v) is 3.06. The number of carbonyl (C=O) groups is 2. The number of hydrogen-bond donors (Lipinski definition) is 1. The van der Waals surface area contributed by atoms with Crippen molar-refractivity contribution in [3.63, 3.8) is 0 Å². The van der Waals surface area contributed by atoms with Crippen molar-refractivity contribution in [2.75, 3.05) is 0 Å². The first-order valence-corrected chi connectivity index (χ1v) is 8.39. The van der Waals surface area contributed by atoms with E-state index < -0.39 is 17.5 Å². The molecule has 26 heavy (non-hydrogen) atoms. The highest BCUT2D eigenvalue weighted by Crippen LogP contribution is 2.45. The predicted octanol–water partition coefficient (Wildman–Crippen LogP) is 4.45. The average Bonchev–Trinajstić information content (AvgIpc) is 2.59. The number of rotatable bonds is 6. The van der Waals surface area contributed by atoms with E-state index in [0.717, 1.165) is 23.1 Å². The van der Waals surface area contributed by atoms with Gasteiger partial charge in [0.1, 0.15) is 11.4 Å². The number of halogens is 1. The lowest BCUT2D eigenvalue weighted by atomic mass is 9.74. The van der Waals surface area contributed by atoms with Crippen LogP contribution in [0, 0.1) is 5.82 Å². The van der Waals surface area contributed by atoms with E-state index in [-0.39, 0.29) is 17.8 Å². The number of esters is 1. The maximum Gasteiger partial charge on any atom is 0.331 e. The number of carbonyl (C=O) groups excluding carboxylic acids is 1. The molecule has 1 saturated carbocycles. The first-order chi connectivity index (χ1) is 12.4. The molecule has 0 saturated heterocycles. The highest BCUT2D eigenvalue weighted by molar-refractivity contribution is 5.92. The molecular weight excluding hydrogens is 335 g/mol. The average molecular weight is 354 g/mol. The second-order valence-electron chi connectivity index (χ2n) is 6.49. The van der Waals surface area contributed by atoms with Gasteiger partial charge in [-0.3, -0.25) is 4.79 Å². The standard InChI is InChI=1S/C21H19FO4/c1-14(20(24)25)13-19(23)26-21(11-2-12-21)17-7-3-15(4-8-17)16-5-9-18(22)10-6-16/h3-10H,1-2,11-13H2,(H,24,25). The van der Waals surface area contributed by atoms with Gasteiger partial charge < -0.3 is 9.84 Å². The van der Waals surface area contributed by atoms with E-state index in [0.29, 0.717) is 12.8 Å². The Morgan fingerprint density at radius 3 is 2.04 bits per heavy atom. The van der Waals surface area contributed by atoms with Crippen molar-refractivity contribution < 1.29 is 23.8 Å². The molecule has 1 aliphatic carbocycles. The number of carboxylic acids is 1. The van der Waals surface area contributed by atoms with Gasteiger partial charge in [0.05, 0.1) is 6.42 Å². The lowest BCUT2D eigenvalue weighted by molar-refractivity contribution is -0.171. The summed E-state index contributed by atoms with van der Waals surface area (Å²) in [4.78, 5) is 22.9. The normalized spacial score (nSPS) is 15.0. The van der Waals surface area contributed by atoms with E-state index in [2.05, 4.69) is 6.58 Å². The summed E-state index contributed by atoms with van der Waals surface area (Å²) < 4.78 is 18.7. The van der Waals surface area contributed by atoms with Crippen LogP contribution in [0.3, 0.4) is 0 Å². The monoisotopic (exact) mass is 354 g/mol. The molecule has 5 heteroatoms. The van der Waals surface area contributed by atoms with E-state index in [1.54, 1.807) is 12.1 Å². The third kappa shape index (κ3) is 3.67. The molecule has 0 aliphatic heterocycles. The lowest BCUT2D eigenvalue weighted by Gasteiger charge is -2.41. The molecule has 1 fully saturated rings. The van der Waals surface area contributed by atoms with Crippen LogP contribution in [0.5, 0.6) is 0 Å². The SMILES string of the molecule is C=C(CC(=O)OC1(c2ccc(-c3ccc(F)cc3)cc2)CCC1)C(=O)O. The van der Waals surface area contributed by atoms with Crippen molar-refractivity contribution in [2.24, 2.45) is 0 Å².